The van der Waals surface area contributed by atoms with Crippen LogP contribution < -0.4 is 10.6 Å². The van der Waals surface area contributed by atoms with E-state index in [0.717, 1.165) is 12.8 Å². The topological polar surface area (TPSA) is 80.0 Å². The van der Waals surface area contributed by atoms with Crippen LogP contribution in [0.2, 0.25) is 5.02 Å². The molecule has 1 saturated carbocycles. The first-order chi connectivity index (χ1) is 11.0. The zero-order chi connectivity index (χ0) is 16.4. The van der Waals surface area contributed by atoms with Crippen LogP contribution in [0.1, 0.15) is 54.7 Å². The molecule has 1 aromatic heterocycles. The highest BCUT2D eigenvalue weighted by Gasteiger charge is 2.25. The largest absolute Gasteiger partial charge is 0.423 e. The number of anilines is 1. The molecule has 1 heterocycles. The molecule has 6 nitrogen and oxygen atoms in total. The second-order valence-corrected chi connectivity index (χ2v) is 6.42. The molecule has 3 rings (SSSR count). The number of hydrogen-bond acceptors (Lipinski definition) is 5. The number of halogens is 1. The van der Waals surface area contributed by atoms with E-state index in [4.69, 9.17) is 16.0 Å². The highest BCUT2D eigenvalue weighted by Crippen LogP contribution is 2.24. The maximum atomic E-state index is 12.3. The number of hydrogen-bond donors (Lipinski definition) is 2. The highest BCUT2D eigenvalue weighted by atomic mass is 35.5. The van der Waals surface area contributed by atoms with Gasteiger partial charge in [-0.15, -0.1) is 10.2 Å². The van der Waals surface area contributed by atoms with Crippen molar-refractivity contribution in [3.8, 4) is 0 Å². The van der Waals surface area contributed by atoms with Crippen molar-refractivity contribution in [3.63, 3.8) is 0 Å². The average Bonchev–Trinajstić information content (AvgIpc) is 3.19. The number of nitrogens with zero attached hydrogens (tertiary/aromatic N) is 2. The Labute approximate surface area is 139 Å². The summed E-state index contributed by atoms with van der Waals surface area (Å²) in [4.78, 5) is 12.3. The monoisotopic (exact) mass is 334 g/mol. The van der Waals surface area contributed by atoms with E-state index in [1.807, 2.05) is 13.8 Å². The van der Waals surface area contributed by atoms with Crippen molar-refractivity contribution in [2.24, 2.45) is 0 Å². The van der Waals surface area contributed by atoms with E-state index in [-0.39, 0.29) is 11.8 Å². The van der Waals surface area contributed by atoms with Gasteiger partial charge in [-0.2, -0.15) is 0 Å². The molecule has 23 heavy (non-hydrogen) atoms. The van der Waals surface area contributed by atoms with Crippen LogP contribution in [-0.4, -0.2) is 22.1 Å². The Bertz CT molecular complexity index is 710. The van der Waals surface area contributed by atoms with E-state index in [1.165, 1.54) is 0 Å². The molecule has 1 aliphatic carbocycles. The quantitative estimate of drug-likeness (QED) is 0.846. The summed E-state index contributed by atoms with van der Waals surface area (Å²) in [5.41, 5.74) is 1.21. The number of benzene rings is 1. The third kappa shape index (κ3) is 4.01. The van der Waals surface area contributed by atoms with E-state index >= 15 is 0 Å². The van der Waals surface area contributed by atoms with Crippen LogP contribution in [-0.2, 0) is 6.54 Å². The molecular formula is C16H19ClN4O2. The van der Waals surface area contributed by atoms with E-state index < -0.39 is 0 Å². The Morgan fingerprint density at radius 1 is 1.39 bits per heavy atom. The summed E-state index contributed by atoms with van der Waals surface area (Å²) in [5.74, 6) is 1.15. The Morgan fingerprint density at radius 2 is 2.17 bits per heavy atom. The lowest BCUT2D eigenvalue weighted by Gasteiger charge is -2.11. The number of rotatable bonds is 6. The van der Waals surface area contributed by atoms with Crippen molar-refractivity contribution in [3.05, 3.63) is 40.6 Å². The molecule has 2 aromatic rings. The summed E-state index contributed by atoms with van der Waals surface area (Å²) in [6.07, 6.45) is 2.07. The van der Waals surface area contributed by atoms with Gasteiger partial charge in [0, 0.05) is 22.7 Å². The molecule has 0 bridgehead atoms. The SMILES string of the molecule is CC(C)c1nnc(CNc2ccc(Cl)cc2C(=O)NC2CC2)o1. The summed E-state index contributed by atoms with van der Waals surface area (Å²) < 4.78 is 5.55. The number of carbonyl (C=O) groups excluding carboxylic acids is 1. The molecule has 0 radical (unpaired) electrons. The number of carbonyl (C=O) groups is 1. The summed E-state index contributed by atoms with van der Waals surface area (Å²) in [6.45, 7) is 4.33. The van der Waals surface area contributed by atoms with Gasteiger partial charge in [0.2, 0.25) is 11.8 Å². The van der Waals surface area contributed by atoms with Crippen LogP contribution in [0.4, 0.5) is 5.69 Å². The summed E-state index contributed by atoms with van der Waals surface area (Å²) in [7, 11) is 0. The zero-order valence-corrected chi connectivity index (χ0v) is 13.9. The minimum atomic E-state index is -0.120. The van der Waals surface area contributed by atoms with Gasteiger partial charge in [0.1, 0.15) is 0 Å². The second kappa shape index (κ2) is 6.58. The summed E-state index contributed by atoms with van der Waals surface area (Å²) >= 11 is 6.02. The minimum Gasteiger partial charge on any atom is -0.423 e. The van der Waals surface area contributed by atoms with Crippen LogP contribution in [0.25, 0.3) is 0 Å². The van der Waals surface area contributed by atoms with Gasteiger partial charge in [0.05, 0.1) is 12.1 Å². The fourth-order valence-electron chi connectivity index (χ4n) is 2.09. The minimum absolute atomic E-state index is 0.120. The van der Waals surface area contributed by atoms with Crippen molar-refractivity contribution in [2.75, 3.05) is 5.32 Å². The predicted molar refractivity (Wildman–Crippen MR) is 87.7 cm³/mol. The van der Waals surface area contributed by atoms with Gasteiger partial charge in [-0.25, -0.2) is 0 Å². The molecule has 1 fully saturated rings. The van der Waals surface area contributed by atoms with Crippen LogP contribution in [0.3, 0.4) is 0 Å². The first kappa shape index (κ1) is 15.8. The number of nitrogens with one attached hydrogen (secondary N) is 2. The van der Waals surface area contributed by atoms with Gasteiger partial charge in [-0.1, -0.05) is 25.4 Å². The third-order valence-corrected chi connectivity index (χ3v) is 3.78. The van der Waals surface area contributed by atoms with E-state index in [1.54, 1.807) is 18.2 Å². The molecule has 122 valence electrons. The molecule has 1 aliphatic rings. The highest BCUT2D eigenvalue weighted by molar-refractivity contribution is 6.31. The van der Waals surface area contributed by atoms with Crippen molar-refractivity contribution in [2.45, 2.75) is 45.2 Å². The van der Waals surface area contributed by atoms with E-state index in [2.05, 4.69) is 20.8 Å². The lowest BCUT2D eigenvalue weighted by Crippen LogP contribution is -2.26. The molecule has 0 atom stereocenters. The standard InChI is InChI=1S/C16H19ClN4O2/c1-9(2)16-21-20-14(23-16)8-18-13-6-3-10(17)7-12(13)15(22)19-11-4-5-11/h3,6-7,9,11,18H,4-5,8H2,1-2H3,(H,19,22). The smallest absolute Gasteiger partial charge is 0.253 e. The summed E-state index contributed by atoms with van der Waals surface area (Å²) in [6, 6.07) is 5.48. The maximum Gasteiger partial charge on any atom is 0.253 e. The van der Waals surface area contributed by atoms with Crippen LogP contribution in [0.5, 0.6) is 0 Å². The number of aromatic nitrogens is 2. The Kier molecular flexibility index (Phi) is 4.52. The van der Waals surface area contributed by atoms with Crippen molar-refractivity contribution in [1.29, 1.82) is 0 Å². The van der Waals surface area contributed by atoms with Gasteiger partial charge in [0.25, 0.3) is 5.91 Å². The van der Waals surface area contributed by atoms with Crippen molar-refractivity contribution >= 4 is 23.2 Å². The predicted octanol–water partition coefficient (Wildman–Crippen LogP) is 3.35. The van der Waals surface area contributed by atoms with Crippen molar-refractivity contribution in [1.82, 2.24) is 15.5 Å². The molecule has 0 saturated heterocycles. The van der Waals surface area contributed by atoms with Gasteiger partial charge in [0.15, 0.2) is 0 Å². The fourth-order valence-corrected chi connectivity index (χ4v) is 2.26. The molecule has 0 aliphatic heterocycles. The molecule has 1 aromatic carbocycles. The second-order valence-electron chi connectivity index (χ2n) is 5.98. The average molecular weight is 335 g/mol. The molecule has 2 N–H and O–H groups in total. The van der Waals surface area contributed by atoms with Crippen LogP contribution >= 0.6 is 11.6 Å². The Balaban J connectivity index is 1.71. The number of amides is 1. The normalized spacial score (nSPS) is 14.1. The molecule has 1 amide bonds. The first-order valence-corrected chi connectivity index (χ1v) is 8.07. The van der Waals surface area contributed by atoms with Gasteiger partial charge in [-0.05, 0) is 31.0 Å². The van der Waals surface area contributed by atoms with Gasteiger partial charge >= 0.3 is 0 Å². The van der Waals surface area contributed by atoms with E-state index in [0.29, 0.717) is 40.6 Å². The van der Waals surface area contributed by atoms with Crippen molar-refractivity contribution < 1.29 is 9.21 Å². The molecular weight excluding hydrogens is 316 g/mol. The maximum absolute atomic E-state index is 12.3. The lowest BCUT2D eigenvalue weighted by molar-refractivity contribution is 0.0952. The molecule has 0 spiro atoms. The van der Waals surface area contributed by atoms with E-state index in [9.17, 15) is 4.79 Å². The Hall–Kier alpha value is -2.08. The van der Waals surface area contributed by atoms with Gasteiger partial charge < -0.3 is 15.1 Å². The zero-order valence-electron chi connectivity index (χ0n) is 13.1. The van der Waals surface area contributed by atoms with Crippen LogP contribution in [0, 0.1) is 0 Å². The van der Waals surface area contributed by atoms with Gasteiger partial charge in [-0.3, -0.25) is 4.79 Å². The fraction of sp³-hybridized carbons (Fsp3) is 0.438. The van der Waals surface area contributed by atoms with Crippen LogP contribution in [0.15, 0.2) is 22.6 Å². The molecule has 7 heteroatoms. The Morgan fingerprint density at radius 3 is 2.83 bits per heavy atom. The first-order valence-electron chi connectivity index (χ1n) is 7.69. The third-order valence-electron chi connectivity index (χ3n) is 3.55. The molecule has 0 unspecified atom stereocenters. The lowest BCUT2D eigenvalue weighted by atomic mass is 10.1. The summed E-state index contributed by atoms with van der Waals surface area (Å²) in [5, 5.41) is 14.6.